The lowest BCUT2D eigenvalue weighted by Gasteiger charge is -2.32. The minimum absolute atomic E-state index is 0.00149. The first kappa shape index (κ1) is 20.2. The molecule has 0 aliphatic carbocycles. The summed E-state index contributed by atoms with van der Waals surface area (Å²) in [5, 5.41) is 15.5. The fraction of sp³-hybridized carbons (Fsp3) is 0.333. The molecule has 0 radical (unpaired) electrons. The van der Waals surface area contributed by atoms with Crippen LogP contribution in [0.1, 0.15) is 24.1 Å². The zero-order chi connectivity index (χ0) is 21.1. The van der Waals surface area contributed by atoms with E-state index in [2.05, 4.69) is 15.2 Å². The second-order valence-corrected chi connectivity index (χ2v) is 7.88. The van der Waals surface area contributed by atoms with Crippen molar-refractivity contribution in [1.29, 1.82) is 0 Å². The molecule has 2 N–H and O–H groups in total. The number of aromatic nitrogens is 1. The Labute approximate surface area is 176 Å². The van der Waals surface area contributed by atoms with Gasteiger partial charge in [-0.25, -0.2) is 4.98 Å². The summed E-state index contributed by atoms with van der Waals surface area (Å²) in [4.78, 5) is 19.4. The van der Waals surface area contributed by atoms with Crippen molar-refractivity contribution < 1.29 is 14.6 Å². The lowest BCUT2D eigenvalue weighted by molar-refractivity contribution is -0.121. The van der Waals surface area contributed by atoms with Gasteiger partial charge in [0.2, 0.25) is 5.91 Å². The Morgan fingerprint density at radius 3 is 2.90 bits per heavy atom. The topological polar surface area (TPSA) is 74.7 Å². The summed E-state index contributed by atoms with van der Waals surface area (Å²) in [6.45, 7) is 4.04. The smallest absolute Gasteiger partial charge is 0.229 e. The number of aromatic hydroxyl groups is 1. The van der Waals surface area contributed by atoms with E-state index in [1.165, 1.54) is 0 Å². The number of piperidine rings is 1. The molecule has 0 saturated carbocycles. The second kappa shape index (κ2) is 8.71. The fourth-order valence-electron chi connectivity index (χ4n) is 4.12. The van der Waals surface area contributed by atoms with Gasteiger partial charge in [-0.3, -0.25) is 9.69 Å². The summed E-state index contributed by atoms with van der Waals surface area (Å²) in [5.41, 5.74) is 1.74. The van der Waals surface area contributed by atoms with Crippen LogP contribution >= 0.6 is 0 Å². The Morgan fingerprint density at radius 1 is 1.27 bits per heavy atom. The Hall–Kier alpha value is -3.12. The van der Waals surface area contributed by atoms with Crippen molar-refractivity contribution in [3.8, 4) is 11.5 Å². The number of amides is 1. The van der Waals surface area contributed by atoms with Crippen LogP contribution in [-0.2, 0) is 11.3 Å². The van der Waals surface area contributed by atoms with Crippen molar-refractivity contribution in [2.24, 2.45) is 5.92 Å². The lowest BCUT2D eigenvalue weighted by atomic mass is 9.95. The molecule has 1 fully saturated rings. The van der Waals surface area contributed by atoms with E-state index in [1.54, 1.807) is 13.2 Å². The van der Waals surface area contributed by atoms with E-state index in [4.69, 9.17) is 4.74 Å². The molecular formula is C24H27N3O3. The number of carbonyl (C=O) groups is 1. The molecule has 0 spiro atoms. The first-order valence-electron chi connectivity index (χ1n) is 10.3. The number of fused-ring (bicyclic) bond motifs is 1. The summed E-state index contributed by atoms with van der Waals surface area (Å²) in [6, 6.07) is 15.1. The molecule has 6 heteroatoms. The summed E-state index contributed by atoms with van der Waals surface area (Å²) in [6.07, 6.45) is 1.79. The van der Waals surface area contributed by atoms with Gasteiger partial charge in [-0.2, -0.15) is 0 Å². The number of hydrogen-bond acceptors (Lipinski definition) is 5. The number of phenols is 1. The predicted molar refractivity (Wildman–Crippen MR) is 118 cm³/mol. The van der Waals surface area contributed by atoms with Crippen LogP contribution in [0.15, 0.2) is 48.5 Å². The van der Waals surface area contributed by atoms with Crippen molar-refractivity contribution >= 4 is 22.5 Å². The van der Waals surface area contributed by atoms with Gasteiger partial charge in [-0.1, -0.05) is 18.2 Å². The molecule has 0 bridgehead atoms. The van der Waals surface area contributed by atoms with Gasteiger partial charge in [-0.15, -0.1) is 0 Å². The molecule has 1 aliphatic heterocycles. The molecule has 1 atom stereocenters. The zero-order valence-electron chi connectivity index (χ0n) is 17.4. The number of carbonyl (C=O) groups excluding carboxylic acids is 1. The maximum absolute atomic E-state index is 12.8. The maximum Gasteiger partial charge on any atom is 0.229 e. The minimum Gasteiger partial charge on any atom is -0.508 e. The highest BCUT2D eigenvalue weighted by molar-refractivity contribution is 5.92. The minimum atomic E-state index is -0.104. The normalized spacial score (nSPS) is 17.1. The first-order valence-corrected chi connectivity index (χ1v) is 10.3. The first-order chi connectivity index (χ1) is 14.5. The van der Waals surface area contributed by atoms with E-state index in [-0.39, 0.29) is 17.6 Å². The molecule has 2 heterocycles. The van der Waals surface area contributed by atoms with E-state index < -0.39 is 0 Å². The third kappa shape index (κ3) is 4.39. The van der Waals surface area contributed by atoms with Gasteiger partial charge in [0.1, 0.15) is 17.3 Å². The Morgan fingerprint density at radius 2 is 2.10 bits per heavy atom. The quantitative estimate of drug-likeness (QED) is 0.668. The van der Waals surface area contributed by atoms with E-state index in [0.717, 1.165) is 47.2 Å². The molecule has 156 valence electrons. The number of nitrogens with one attached hydrogen (secondary N) is 1. The molecule has 1 aromatic heterocycles. The van der Waals surface area contributed by atoms with Gasteiger partial charge in [-0.05, 0) is 67.4 Å². The van der Waals surface area contributed by atoms with Gasteiger partial charge in [0.15, 0.2) is 0 Å². The monoisotopic (exact) mass is 405 g/mol. The molecular weight excluding hydrogens is 378 g/mol. The van der Waals surface area contributed by atoms with Crippen LogP contribution in [0.5, 0.6) is 11.5 Å². The van der Waals surface area contributed by atoms with Crippen LogP contribution in [-0.4, -0.2) is 41.1 Å². The molecule has 30 heavy (non-hydrogen) atoms. The number of nitrogens with zero attached hydrogens (tertiary/aromatic N) is 2. The van der Waals surface area contributed by atoms with Crippen LogP contribution in [0.2, 0.25) is 0 Å². The fourth-order valence-corrected chi connectivity index (χ4v) is 4.12. The van der Waals surface area contributed by atoms with E-state index in [9.17, 15) is 9.90 Å². The molecule has 6 nitrogen and oxygen atoms in total. The average molecular weight is 405 g/mol. The Kier molecular flexibility index (Phi) is 5.86. The zero-order valence-corrected chi connectivity index (χ0v) is 17.4. The third-order valence-electron chi connectivity index (χ3n) is 5.71. The molecule has 4 rings (SSSR count). The van der Waals surface area contributed by atoms with Gasteiger partial charge < -0.3 is 15.2 Å². The summed E-state index contributed by atoms with van der Waals surface area (Å²) < 4.78 is 5.37. The maximum atomic E-state index is 12.8. The van der Waals surface area contributed by atoms with Crippen LogP contribution in [0.3, 0.4) is 0 Å². The molecule has 1 aliphatic rings. The predicted octanol–water partition coefficient (Wildman–Crippen LogP) is 4.11. The van der Waals surface area contributed by atoms with Crippen molar-refractivity contribution in [2.45, 2.75) is 26.3 Å². The summed E-state index contributed by atoms with van der Waals surface area (Å²) in [5.74, 6) is 1.52. The number of methoxy groups -OCH3 is 1. The second-order valence-electron chi connectivity index (χ2n) is 7.88. The highest BCUT2D eigenvalue weighted by Gasteiger charge is 2.27. The number of phenolic OH excluding ortho intramolecular Hbond substituents is 1. The number of pyridine rings is 1. The number of hydrogen-bond donors (Lipinski definition) is 2. The van der Waals surface area contributed by atoms with Crippen molar-refractivity contribution in [3.05, 3.63) is 59.8 Å². The molecule has 2 aromatic carbocycles. The van der Waals surface area contributed by atoms with E-state index >= 15 is 0 Å². The number of anilines is 1. The largest absolute Gasteiger partial charge is 0.508 e. The van der Waals surface area contributed by atoms with Crippen molar-refractivity contribution in [2.75, 3.05) is 25.5 Å². The lowest BCUT2D eigenvalue weighted by Crippen LogP contribution is -2.40. The van der Waals surface area contributed by atoms with Crippen molar-refractivity contribution in [3.63, 3.8) is 0 Å². The SMILES string of the molecule is COc1ccc2ccc(O)c(CN3CCCC(C(=O)Nc4cccc(C)n4)C3)c2c1. The summed E-state index contributed by atoms with van der Waals surface area (Å²) >= 11 is 0. The van der Waals surface area contributed by atoms with Gasteiger partial charge in [0.25, 0.3) is 0 Å². The molecule has 3 aromatic rings. The Balaban J connectivity index is 1.50. The highest BCUT2D eigenvalue weighted by atomic mass is 16.5. The number of benzene rings is 2. The number of likely N-dealkylation sites (tertiary alicyclic amines) is 1. The molecule has 1 unspecified atom stereocenters. The number of ether oxygens (including phenoxy) is 1. The van der Waals surface area contributed by atoms with Gasteiger partial charge in [0, 0.05) is 24.3 Å². The molecule has 1 amide bonds. The Bertz CT molecular complexity index is 1070. The van der Waals surface area contributed by atoms with Crippen molar-refractivity contribution in [1.82, 2.24) is 9.88 Å². The van der Waals surface area contributed by atoms with Crippen LogP contribution in [0.25, 0.3) is 10.8 Å². The van der Waals surface area contributed by atoms with E-state index in [0.29, 0.717) is 18.9 Å². The van der Waals surface area contributed by atoms with Gasteiger partial charge in [0.05, 0.1) is 13.0 Å². The van der Waals surface area contributed by atoms with Crippen LogP contribution < -0.4 is 10.1 Å². The number of aryl methyl sites for hydroxylation is 1. The van der Waals surface area contributed by atoms with Crippen LogP contribution in [0.4, 0.5) is 5.82 Å². The van der Waals surface area contributed by atoms with Crippen LogP contribution in [0, 0.1) is 12.8 Å². The average Bonchev–Trinajstić information content (AvgIpc) is 2.75. The summed E-state index contributed by atoms with van der Waals surface area (Å²) in [7, 11) is 1.64. The highest BCUT2D eigenvalue weighted by Crippen LogP contribution is 2.32. The standard InChI is InChI=1S/C24H27N3O3/c1-16-5-3-7-23(25-16)26-24(29)18-6-4-12-27(14-18)15-21-20-13-19(30-2)10-8-17(20)9-11-22(21)28/h3,5,7-11,13,18,28H,4,6,12,14-15H2,1-2H3,(H,25,26,29). The van der Waals surface area contributed by atoms with Gasteiger partial charge >= 0.3 is 0 Å². The third-order valence-corrected chi connectivity index (χ3v) is 5.71. The van der Waals surface area contributed by atoms with E-state index in [1.807, 2.05) is 49.4 Å². The molecule has 1 saturated heterocycles. The number of rotatable bonds is 5.